The summed E-state index contributed by atoms with van der Waals surface area (Å²) in [6.45, 7) is 4.69. The SMILES string of the molecule is COc1cc(NC(=O)[C@@H](O)C(C)C)ccc1S(=O)(=O)Nc1ccc(C)c(OC(F)(F)F)c1. The number of amides is 1. The van der Waals surface area contributed by atoms with Crippen molar-refractivity contribution in [3.05, 3.63) is 42.0 Å². The first-order valence-electron chi connectivity index (χ1n) is 9.29. The maximum absolute atomic E-state index is 12.8. The standard InChI is InChI=1S/C20H23F3N2O6S/c1-11(2)18(26)19(27)24-13-7-8-17(16(9-13)30-4)32(28,29)25-14-6-5-12(3)15(10-14)31-20(21,22)23/h5-11,18,25-26H,1-4H3,(H,24,27)/t18-/m0/s1. The lowest BCUT2D eigenvalue weighted by Crippen LogP contribution is -2.31. The second-order valence-corrected chi connectivity index (χ2v) is 8.83. The summed E-state index contributed by atoms with van der Waals surface area (Å²) in [5.41, 5.74) is 0.183. The van der Waals surface area contributed by atoms with Crippen molar-refractivity contribution in [3.63, 3.8) is 0 Å². The Bertz CT molecular complexity index is 1090. The number of methoxy groups -OCH3 is 1. The third-order valence-electron chi connectivity index (χ3n) is 4.29. The number of carbonyl (C=O) groups excluding carboxylic acids is 1. The lowest BCUT2D eigenvalue weighted by atomic mass is 10.1. The zero-order chi connectivity index (χ0) is 24.3. The molecule has 0 spiro atoms. The predicted octanol–water partition coefficient (Wildman–Crippen LogP) is 3.66. The Morgan fingerprint density at radius 2 is 1.66 bits per heavy atom. The number of aryl methyl sites for hydroxylation is 1. The van der Waals surface area contributed by atoms with Crippen molar-refractivity contribution in [2.75, 3.05) is 17.1 Å². The highest BCUT2D eigenvalue weighted by molar-refractivity contribution is 7.92. The van der Waals surface area contributed by atoms with Gasteiger partial charge in [-0.15, -0.1) is 13.2 Å². The fourth-order valence-electron chi connectivity index (χ4n) is 2.59. The Hall–Kier alpha value is -2.99. The number of alkyl halides is 3. The normalized spacial score (nSPS) is 12.9. The van der Waals surface area contributed by atoms with Crippen molar-refractivity contribution >= 4 is 27.3 Å². The average Bonchev–Trinajstić information content (AvgIpc) is 2.68. The quantitative estimate of drug-likeness (QED) is 0.536. The minimum atomic E-state index is -4.94. The molecule has 0 heterocycles. The van der Waals surface area contributed by atoms with Gasteiger partial charge in [0.15, 0.2) is 0 Å². The van der Waals surface area contributed by atoms with E-state index in [2.05, 4.69) is 14.8 Å². The summed E-state index contributed by atoms with van der Waals surface area (Å²) >= 11 is 0. The minimum absolute atomic E-state index is 0.131. The molecule has 0 bridgehead atoms. The van der Waals surface area contributed by atoms with Crippen molar-refractivity contribution in [1.29, 1.82) is 0 Å². The van der Waals surface area contributed by atoms with Crippen molar-refractivity contribution < 1.29 is 41.0 Å². The first kappa shape index (κ1) is 25.3. The van der Waals surface area contributed by atoms with Crippen molar-refractivity contribution in [2.24, 2.45) is 5.92 Å². The Balaban J connectivity index is 2.31. The summed E-state index contributed by atoms with van der Waals surface area (Å²) in [4.78, 5) is 11.7. The molecule has 3 N–H and O–H groups in total. The molecule has 1 atom stereocenters. The first-order valence-corrected chi connectivity index (χ1v) is 10.8. The first-order chi connectivity index (χ1) is 14.7. The van der Waals surface area contributed by atoms with Gasteiger partial charge in [0.05, 0.1) is 12.8 Å². The topological polar surface area (TPSA) is 114 Å². The van der Waals surface area contributed by atoms with Gasteiger partial charge in [0.1, 0.15) is 22.5 Å². The maximum atomic E-state index is 12.8. The van der Waals surface area contributed by atoms with E-state index >= 15 is 0 Å². The molecule has 2 aromatic carbocycles. The van der Waals surface area contributed by atoms with Gasteiger partial charge < -0.3 is 19.9 Å². The number of ether oxygens (including phenoxy) is 2. The van der Waals surface area contributed by atoms with Gasteiger partial charge in [-0.1, -0.05) is 19.9 Å². The van der Waals surface area contributed by atoms with Gasteiger partial charge in [0, 0.05) is 17.8 Å². The molecule has 0 saturated carbocycles. The van der Waals surface area contributed by atoms with Crippen LogP contribution in [0.5, 0.6) is 11.5 Å². The van der Waals surface area contributed by atoms with E-state index < -0.39 is 34.1 Å². The number of rotatable bonds is 8. The maximum Gasteiger partial charge on any atom is 0.573 e. The van der Waals surface area contributed by atoms with Crippen LogP contribution in [0.15, 0.2) is 41.3 Å². The van der Waals surface area contributed by atoms with Crippen molar-refractivity contribution in [1.82, 2.24) is 0 Å². The summed E-state index contributed by atoms with van der Waals surface area (Å²) in [6.07, 6.45) is -6.20. The van der Waals surface area contributed by atoms with Gasteiger partial charge in [-0.25, -0.2) is 8.42 Å². The van der Waals surface area contributed by atoms with E-state index in [9.17, 15) is 31.5 Å². The van der Waals surface area contributed by atoms with Crippen LogP contribution in [0.1, 0.15) is 19.4 Å². The molecule has 2 aromatic rings. The zero-order valence-electron chi connectivity index (χ0n) is 17.6. The molecule has 0 saturated heterocycles. The molecule has 0 fully saturated rings. The van der Waals surface area contributed by atoms with Gasteiger partial charge in [0.2, 0.25) is 0 Å². The van der Waals surface area contributed by atoms with E-state index in [0.29, 0.717) is 0 Å². The van der Waals surface area contributed by atoms with E-state index in [1.807, 2.05) is 0 Å². The summed E-state index contributed by atoms with van der Waals surface area (Å²) in [7, 11) is -3.07. The smallest absolute Gasteiger partial charge is 0.495 e. The van der Waals surface area contributed by atoms with E-state index in [4.69, 9.17) is 4.74 Å². The zero-order valence-corrected chi connectivity index (χ0v) is 18.5. The van der Waals surface area contributed by atoms with Crippen molar-refractivity contribution in [3.8, 4) is 11.5 Å². The third-order valence-corrected chi connectivity index (χ3v) is 5.71. The summed E-state index contributed by atoms with van der Waals surface area (Å²) in [6, 6.07) is 7.15. The largest absolute Gasteiger partial charge is 0.573 e. The summed E-state index contributed by atoms with van der Waals surface area (Å²) in [5.74, 6) is -1.69. The lowest BCUT2D eigenvalue weighted by molar-refractivity contribution is -0.274. The molecule has 0 aliphatic carbocycles. The monoisotopic (exact) mass is 476 g/mol. The molecular formula is C20H23F3N2O6S. The molecule has 1 amide bonds. The number of aliphatic hydroxyl groups is 1. The van der Waals surface area contributed by atoms with Crippen molar-refractivity contribution in [2.45, 2.75) is 38.1 Å². The van der Waals surface area contributed by atoms with Crippen LogP contribution < -0.4 is 19.5 Å². The van der Waals surface area contributed by atoms with Crippen LogP contribution in [0, 0.1) is 12.8 Å². The molecule has 0 radical (unpaired) electrons. The molecule has 176 valence electrons. The highest BCUT2D eigenvalue weighted by atomic mass is 32.2. The van der Waals surface area contributed by atoms with Crippen LogP contribution in [0.25, 0.3) is 0 Å². The van der Waals surface area contributed by atoms with Gasteiger partial charge >= 0.3 is 6.36 Å². The number of nitrogens with one attached hydrogen (secondary N) is 2. The Labute approximate surface area is 183 Å². The van der Waals surface area contributed by atoms with Crippen LogP contribution >= 0.6 is 0 Å². The number of anilines is 2. The molecule has 0 unspecified atom stereocenters. The van der Waals surface area contributed by atoms with Crippen LogP contribution in [0.2, 0.25) is 0 Å². The Kier molecular flexibility index (Phi) is 7.62. The number of carbonyl (C=O) groups is 1. The molecule has 8 nitrogen and oxygen atoms in total. The van der Waals surface area contributed by atoms with Crippen LogP contribution in [0.3, 0.4) is 0 Å². The number of benzene rings is 2. The highest BCUT2D eigenvalue weighted by Crippen LogP contribution is 2.32. The average molecular weight is 476 g/mol. The molecule has 0 aliphatic heterocycles. The molecule has 12 heteroatoms. The molecule has 2 rings (SSSR count). The lowest BCUT2D eigenvalue weighted by Gasteiger charge is -2.17. The molecule has 0 aliphatic rings. The summed E-state index contributed by atoms with van der Waals surface area (Å²) < 4.78 is 74.5. The molecular weight excluding hydrogens is 453 g/mol. The fourth-order valence-corrected chi connectivity index (χ4v) is 3.80. The summed E-state index contributed by atoms with van der Waals surface area (Å²) in [5, 5.41) is 12.3. The highest BCUT2D eigenvalue weighted by Gasteiger charge is 2.32. The van der Waals surface area contributed by atoms with Gasteiger partial charge in [-0.05, 0) is 36.6 Å². The van der Waals surface area contributed by atoms with Gasteiger partial charge in [0.25, 0.3) is 15.9 Å². The number of hydrogen-bond acceptors (Lipinski definition) is 6. The molecule has 0 aromatic heterocycles. The Morgan fingerprint density at radius 3 is 2.22 bits per heavy atom. The minimum Gasteiger partial charge on any atom is -0.495 e. The number of sulfonamides is 1. The Morgan fingerprint density at radius 1 is 1.06 bits per heavy atom. The molecule has 32 heavy (non-hydrogen) atoms. The van der Waals surface area contributed by atoms with Crippen LogP contribution in [-0.2, 0) is 14.8 Å². The predicted molar refractivity (Wildman–Crippen MR) is 111 cm³/mol. The van der Waals surface area contributed by atoms with E-state index in [1.165, 1.54) is 38.3 Å². The van der Waals surface area contributed by atoms with E-state index in [1.54, 1.807) is 13.8 Å². The van der Waals surface area contributed by atoms with E-state index in [0.717, 1.165) is 12.1 Å². The van der Waals surface area contributed by atoms with E-state index in [-0.39, 0.29) is 33.5 Å². The van der Waals surface area contributed by atoms with Crippen LogP contribution in [0.4, 0.5) is 24.5 Å². The third kappa shape index (κ3) is 6.50. The van der Waals surface area contributed by atoms with Gasteiger partial charge in [-0.2, -0.15) is 0 Å². The van der Waals surface area contributed by atoms with Crippen LogP contribution in [-0.4, -0.2) is 39.0 Å². The second-order valence-electron chi connectivity index (χ2n) is 7.18. The number of halogens is 3. The fraction of sp³-hybridized carbons (Fsp3) is 0.350. The number of hydrogen-bond donors (Lipinski definition) is 3. The second kappa shape index (κ2) is 9.65. The number of aliphatic hydroxyl groups excluding tert-OH is 1. The van der Waals surface area contributed by atoms with Gasteiger partial charge in [-0.3, -0.25) is 9.52 Å².